The number of hydrogen-bond donors (Lipinski definition) is 1. The normalized spacial score (nSPS) is 12.0. The molecule has 0 aliphatic carbocycles. The molecular weight excluding hydrogens is 534 g/mol. The SMILES string of the molecule is CCCNC(=O)[C@H](Cc1ccccc1)N(Cc1ccc(C)cc1)C(=O)CN(c1ccc(C)c(Cl)c1)S(C)(=O)=O. The van der Waals surface area contributed by atoms with Gasteiger partial charge in [-0.3, -0.25) is 13.9 Å². The Morgan fingerprint density at radius 3 is 2.21 bits per heavy atom. The number of carbonyl (C=O) groups excluding carboxylic acids is 2. The predicted molar refractivity (Wildman–Crippen MR) is 157 cm³/mol. The van der Waals surface area contributed by atoms with Crippen molar-refractivity contribution in [3.63, 3.8) is 0 Å². The minimum atomic E-state index is -3.85. The zero-order valence-corrected chi connectivity index (χ0v) is 24.4. The Balaban J connectivity index is 2.04. The van der Waals surface area contributed by atoms with Gasteiger partial charge in [-0.15, -0.1) is 0 Å². The average molecular weight is 570 g/mol. The van der Waals surface area contributed by atoms with Crippen molar-refractivity contribution in [3.05, 3.63) is 100 Å². The van der Waals surface area contributed by atoms with E-state index in [9.17, 15) is 18.0 Å². The molecule has 3 aromatic carbocycles. The van der Waals surface area contributed by atoms with Crippen molar-refractivity contribution in [3.8, 4) is 0 Å². The minimum Gasteiger partial charge on any atom is -0.354 e. The Morgan fingerprint density at radius 2 is 1.62 bits per heavy atom. The molecule has 1 N–H and O–H groups in total. The van der Waals surface area contributed by atoms with E-state index in [1.807, 2.05) is 75.4 Å². The fraction of sp³-hybridized carbons (Fsp3) is 0.333. The standard InChI is InChI=1S/C30H36ClN3O4S/c1-5-17-32-30(36)28(18-24-9-7-6-8-10-24)33(20-25-14-11-22(2)12-15-25)29(35)21-34(39(4,37)38)26-16-13-23(3)27(31)19-26/h6-16,19,28H,5,17-18,20-21H2,1-4H3,(H,32,36)/t28-/m0/s1. The molecule has 0 saturated heterocycles. The van der Waals surface area contributed by atoms with Crippen LogP contribution in [0.3, 0.4) is 0 Å². The van der Waals surface area contributed by atoms with Crippen LogP contribution in [0.4, 0.5) is 5.69 Å². The number of carbonyl (C=O) groups is 2. The number of anilines is 1. The Bertz CT molecular complexity index is 1380. The molecule has 0 heterocycles. The molecule has 0 radical (unpaired) electrons. The van der Waals surface area contributed by atoms with E-state index >= 15 is 0 Å². The first-order valence-corrected chi connectivity index (χ1v) is 15.1. The highest BCUT2D eigenvalue weighted by Gasteiger charge is 2.33. The van der Waals surface area contributed by atoms with Gasteiger partial charge >= 0.3 is 0 Å². The van der Waals surface area contributed by atoms with E-state index in [0.29, 0.717) is 11.6 Å². The molecule has 0 unspecified atom stereocenters. The maximum Gasteiger partial charge on any atom is 0.244 e. The van der Waals surface area contributed by atoms with Gasteiger partial charge < -0.3 is 10.2 Å². The third-order valence-electron chi connectivity index (χ3n) is 6.42. The van der Waals surface area contributed by atoms with Crippen LogP contribution in [0, 0.1) is 13.8 Å². The Hall–Kier alpha value is -3.36. The topological polar surface area (TPSA) is 86.8 Å². The number of amides is 2. The number of halogens is 1. The molecule has 0 spiro atoms. The molecule has 39 heavy (non-hydrogen) atoms. The molecule has 0 aliphatic heterocycles. The molecule has 0 aliphatic rings. The van der Waals surface area contributed by atoms with Crippen LogP contribution in [0.25, 0.3) is 0 Å². The van der Waals surface area contributed by atoms with Crippen LogP contribution < -0.4 is 9.62 Å². The highest BCUT2D eigenvalue weighted by atomic mass is 35.5. The molecule has 3 rings (SSSR count). The van der Waals surface area contributed by atoms with Crippen LogP contribution in [0.5, 0.6) is 0 Å². The van der Waals surface area contributed by atoms with E-state index in [1.54, 1.807) is 12.1 Å². The number of nitrogens with one attached hydrogen (secondary N) is 1. The molecule has 1 atom stereocenters. The molecule has 0 fully saturated rings. The molecule has 0 aromatic heterocycles. The van der Waals surface area contributed by atoms with Crippen molar-refractivity contribution in [1.29, 1.82) is 0 Å². The molecule has 7 nitrogen and oxygen atoms in total. The van der Waals surface area contributed by atoms with Gasteiger partial charge in [0.25, 0.3) is 0 Å². The maximum atomic E-state index is 14.0. The van der Waals surface area contributed by atoms with E-state index in [1.165, 1.54) is 11.0 Å². The van der Waals surface area contributed by atoms with Crippen molar-refractivity contribution in [1.82, 2.24) is 10.2 Å². The van der Waals surface area contributed by atoms with Gasteiger partial charge in [-0.2, -0.15) is 0 Å². The summed E-state index contributed by atoms with van der Waals surface area (Å²) in [5.74, 6) is -0.782. The van der Waals surface area contributed by atoms with E-state index in [-0.39, 0.29) is 24.6 Å². The van der Waals surface area contributed by atoms with E-state index in [2.05, 4.69) is 5.32 Å². The van der Waals surface area contributed by atoms with Crippen molar-refractivity contribution in [2.24, 2.45) is 0 Å². The molecular formula is C30H36ClN3O4S. The molecule has 208 valence electrons. The van der Waals surface area contributed by atoms with Gasteiger partial charge in [-0.25, -0.2) is 8.42 Å². The first-order valence-electron chi connectivity index (χ1n) is 12.9. The summed E-state index contributed by atoms with van der Waals surface area (Å²) in [6.45, 7) is 5.87. The summed E-state index contributed by atoms with van der Waals surface area (Å²) in [4.78, 5) is 29.0. The van der Waals surface area contributed by atoms with Gasteiger partial charge in [0.2, 0.25) is 21.8 Å². The number of aryl methyl sites for hydroxylation is 2. The summed E-state index contributed by atoms with van der Waals surface area (Å²) in [5.41, 5.74) is 3.86. The van der Waals surface area contributed by atoms with Gasteiger partial charge in [0.05, 0.1) is 11.9 Å². The third-order valence-corrected chi connectivity index (χ3v) is 7.96. The summed E-state index contributed by atoms with van der Waals surface area (Å²) >= 11 is 6.29. The Morgan fingerprint density at radius 1 is 0.949 bits per heavy atom. The van der Waals surface area contributed by atoms with E-state index in [4.69, 9.17) is 11.6 Å². The van der Waals surface area contributed by atoms with Gasteiger partial charge in [0, 0.05) is 24.5 Å². The first-order chi connectivity index (χ1) is 18.5. The molecule has 0 bridgehead atoms. The maximum absolute atomic E-state index is 14.0. The van der Waals surface area contributed by atoms with Crippen LogP contribution in [0.2, 0.25) is 5.02 Å². The van der Waals surface area contributed by atoms with Gasteiger partial charge in [-0.05, 0) is 49.1 Å². The van der Waals surface area contributed by atoms with Crippen LogP contribution in [-0.4, -0.2) is 50.5 Å². The zero-order valence-electron chi connectivity index (χ0n) is 22.9. The predicted octanol–water partition coefficient (Wildman–Crippen LogP) is 4.89. The van der Waals surface area contributed by atoms with Crippen LogP contribution in [0.1, 0.15) is 35.6 Å². The summed E-state index contributed by atoms with van der Waals surface area (Å²) in [5, 5.41) is 3.32. The lowest BCUT2D eigenvalue weighted by molar-refractivity contribution is -0.140. The third kappa shape index (κ3) is 8.57. The lowest BCUT2D eigenvalue weighted by Gasteiger charge is -2.33. The number of hydrogen-bond acceptors (Lipinski definition) is 4. The average Bonchev–Trinajstić information content (AvgIpc) is 2.90. The summed E-state index contributed by atoms with van der Waals surface area (Å²) in [6.07, 6.45) is 2.07. The molecule has 9 heteroatoms. The van der Waals surface area contributed by atoms with E-state index in [0.717, 1.165) is 39.2 Å². The second kappa shape index (κ2) is 13.6. The van der Waals surface area contributed by atoms with Crippen molar-refractivity contribution in [2.75, 3.05) is 23.7 Å². The van der Waals surface area contributed by atoms with Crippen LogP contribution >= 0.6 is 11.6 Å². The number of sulfonamides is 1. The lowest BCUT2D eigenvalue weighted by Crippen LogP contribution is -2.53. The fourth-order valence-corrected chi connectivity index (χ4v) is 5.18. The largest absolute Gasteiger partial charge is 0.354 e. The van der Waals surface area contributed by atoms with Crippen LogP contribution in [-0.2, 0) is 32.6 Å². The second-order valence-corrected chi connectivity index (χ2v) is 12.0. The first kappa shape index (κ1) is 30.2. The minimum absolute atomic E-state index is 0.141. The summed E-state index contributed by atoms with van der Waals surface area (Å²) in [7, 11) is -3.85. The number of benzene rings is 3. The van der Waals surface area contributed by atoms with Gasteiger partial charge in [0.15, 0.2) is 0 Å². The second-order valence-electron chi connectivity index (χ2n) is 9.71. The van der Waals surface area contributed by atoms with Crippen molar-refractivity contribution < 1.29 is 18.0 Å². The Labute approximate surface area is 236 Å². The number of nitrogens with zero attached hydrogens (tertiary/aromatic N) is 2. The molecule has 0 saturated carbocycles. The van der Waals surface area contributed by atoms with Crippen molar-refractivity contribution in [2.45, 2.75) is 46.2 Å². The van der Waals surface area contributed by atoms with Crippen LogP contribution in [0.15, 0.2) is 72.8 Å². The lowest BCUT2D eigenvalue weighted by atomic mass is 10.0. The Kier molecular flexibility index (Phi) is 10.5. The summed E-state index contributed by atoms with van der Waals surface area (Å²) in [6, 6.07) is 21.2. The van der Waals surface area contributed by atoms with Gasteiger partial charge in [0.1, 0.15) is 12.6 Å². The van der Waals surface area contributed by atoms with Crippen molar-refractivity contribution >= 4 is 39.1 Å². The quantitative estimate of drug-likeness (QED) is 0.336. The molecule has 2 amide bonds. The smallest absolute Gasteiger partial charge is 0.244 e. The zero-order chi connectivity index (χ0) is 28.6. The monoisotopic (exact) mass is 569 g/mol. The van der Waals surface area contributed by atoms with E-state index < -0.39 is 28.5 Å². The number of rotatable bonds is 12. The highest BCUT2D eigenvalue weighted by molar-refractivity contribution is 7.92. The van der Waals surface area contributed by atoms with Gasteiger partial charge in [-0.1, -0.05) is 84.8 Å². The fourth-order valence-electron chi connectivity index (χ4n) is 4.16. The highest BCUT2D eigenvalue weighted by Crippen LogP contribution is 2.25. The summed E-state index contributed by atoms with van der Waals surface area (Å²) < 4.78 is 26.7. The molecule has 3 aromatic rings.